The molecule has 0 saturated carbocycles. The molecule has 2 rings (SSSR count). The van der Waals surface area contributed by atoms with Crippen LogP contribution >= 0.6 is 0 Å². The van der Waals surface area contributed by atoms with Crippen molar-refractivity contribution in [3.63, 3.8) is 0 Å². The van der Waals surface area contributed by atoms with Gasteiger partial charge in [0.1, 0.15) is 5.82 Å². The summed E-state index contributed by atoms with van der Waals surface area (Å²) in [6, 6.07) is 11.0. The highest BCUT2D eigenvalue weighted by atomic mass is 19.1. The van der Waals surface area contributed by atoms with Crippen LogP contribution in [0.1, 0.15) is 24.1 Å². The van der Waals surface area contributed by atoms with Gasteiger partial charge in [-0.15, -0.1) is 0 Å². The normalized spacial score (nSPS) is 11.5. The van der Waals surface area contributed by atoms with Crippen LogP contribution in [-0.4, -0.2) is 20.3 Å². The van der Waals surface area contributed by atoms with Gasteiger partial charge < -0.3 is 20.1 Å². The highest BCUT2D eigenvalue weighted by Gasteiger charge is 2.12. The number of amides is 2. The fraction of sp³-hybridized carbons (Fsp3) is 0.278. The molecule has 0 aliphatic carbocycles. The maximum absolute atomic E-state index is 13.1. The van der Waals surface area contributed by atoms with Crippen LogP contribution in [0.5, 0.6) is 11.5 Å². The molecule has 0 bridgehead atoms. The fourth-order valence-corrected chi connectivity index (χ4v) is 2.28. The summed E-state index contributed by atoms with van der Waals surface area (Å²) in [7, 11) is 3.13. The van der Waals surface area contributed by atoms with Crippen LogP contribution in [0.2, 0.25) is 0 Å². The van der Waals surface area contributed by atoms with E-state index in [2.05, 4.69) is 10.6 Å². The van der Waals surface area contributed by atoms with E-state index in [4.69, 9.17) is 9.47 Å². The van der Waals surface area contributed by atoms with Gasteiger partial charge in [-0.25, -0.2) is 9.18 Å². The number of benzene rings is 2. The molecule has 0 aliphatic rings. The van der Waals surface area contributed by atoms with Gasteiger partial charge in [-0.05, 0) is 42.3 Å². The first kappa shape index (κ1) is 17.6. The molecule has 2 aromatic rings. The monoisotopic (exact) mass is 332 g/mol. The minimum absolute atomic E-state index is 0.225. The molecule has 0 heterocycles. The number of ether oxygens (including phenoxy) is 2. The minimum Gasteiger partial charge on any atom is -0.493 e. The van der Waals surface area contributed by atoms with Crippen LogP contribution in [-0.2, 0) is 6.54 Å². The van der Waals surface area contributed by atoms with E-state index in [1.54, 1.807) is 32.4 Å². The first-order valence-corrected chi connectivity index (χ1v) is 7.54. The van der Waals surface area contributed by atoms with E-state index in [0.717, 1.165) is 5.56 Å². The number of hydrogen-bond donors (Lipinski definition) is 2. The molecule has 2 aromatic carbocycles. The maximum atomic E-state index is 13.1. The van der Waals surface area contributed by atoms with Crippen molar-refractivity contribution in [3.8, 4) is 11.5 Å². The molecular formula is C18H21FN2O3. The Kier molecular flexibility index (Phi) is 6.01. The summed E-state index contributed by atoms with van der Waals surface area (Å²) in [5.74, 6) is 0.904. The topological polar surface area (TPSA) is 59.6 Å². The van der Waals surface area contributed by atoms with Gasteiger partial charge in [-0.1, -0.05) is 18.2 Å². The van der Waals surface area contributed by atoms with Gasteiger partial charge in [-0.2, -0.15) is 0 Å². The minimum atomic E-state index is -0.332. The zero-order valence-electron chi connectivity index (χ0n) is 13.9. The van der Waals surface area contributed by atoms with Crippen LogP contribution in [0.4, 0.5) is 9.18 Å². The zero-order valence-corrected chi connectivity index (χ0v) is 13.9. The van der Waals surface area contributed by atoms with Gasteiger partial charge in [0.25, 0.3) is 0 Å². The van der Waals surface area contributed by atoms with Crippen molar-refractivity contribution in [2.45, 2.75) is 19.5 Å². The van der Waals surface area contributed by atoms with E-state index in [0.29, 0.717) is 17.1 Å². The lowest BCUT2D eigenvalue weighted by Gasteiger charge is -2.17. The molecule has 0 aliphatic heterocycles. The predicted molar refractivity (Wildman–Crippen MR) is 89.7 cm³/mol. The standard InChI is InChI=1S/C18H21FN2O3/c1-12(14-7-8-16(23-2)17(10-14)24-3)21-18(22)20-11-13-5-4-6-15(19)9-13/h4-10,12H,11H2,1-3H3,(H2,20,21,22). The molecule has 0 fully saturated rings. The molecular weight excluding hydrogens is 311 g/mol. The quantitative estimate of drug-likeness (QED) is 0.852. The van der Waals surface area contributed by atoms with Crippen molar-refractivity contribution in [1.82, 2.24) is 10.6 Å². The lowest BCUT2D eigenvalue weighted by atomic mass is 10.1. The van der Waals surface area contributed by atoms with E-state index in [1.165, 1.54) is 12.1 Å². The van der Waals surface area contributed by atoms with Crippen LogP contribution in [0.15, 0.2) is 42.5 Å². The molecule has 2 N–H and O–H groups in total. The number of halogens is 1. The van der Waals surface area contributed by atoms with Gasteiger partial charge in [0.15, 0.2) is 11.5 Å². The Hall–Kier alpha value is -2.76. The highest BCUT2D eigenvalue weighted by Crippen LogP contribution is 2.29. The summed E-state index contributed by atoms with van der Waals surface area (Å²) >= 11 is 0. The lowest BCUT2D eigenvalue weighted by molar-refractivity contribution is 0.237. The zero-order chi connectivity index (χ0) is 17.5. The smallest absolute Gasteiger partial charge is 0.315 e. The Bertz CT molecular complexity index is 706. The number of urea groups is 1. The fourth-order valence-electron chi connectivity index (χ4n) is 2.28. The molecule has 0 radical (unpaired) electrons. The Morgan fingerprint density at radius 2 is 1.88 bits per heavy atom. The molecule has 0 saturated heterocycles. The highest BCUT2D eigenvalue weighted by molar-refractivity contribution is 5.74. The van der Waals surface area contributed by atoms with Crippen molar-refractivity contribution in [3.05, 3.63) is 59.4 Å². The Labute approximate surface area is 140 Å². The van der Waals surface area contributed by atoms with Crippen molar-refractivity contribution < 1.29 is 18.7 Å². The number of carbonyl (C=O) groups is 1. The van der Waals surface area contributed by atoms with E-state index in [1.807, 2.05) is 19.1 Å². The van der Waals surface area contributed by atoms with Gasteiger partial charge in [0.2, 0.25) is 0 Å². The number of carbonyl (C=O) groups excluding carboxylic acids is 1. The van der Waals surface area contributed by atoms with E-state index in [-0.39, 0.29) is 24.4 Å². The van der Waals surface area contributed by atoms with Crippen molar-refractivity contribution in [1.29, 1.82) is 0 Å². The van der Waals surface area contributed by atoms with E-state index < -0.39 is 0 Å². The molecule has 1 atom stereocenters. The van der Waals surface area contributed by atoms with Crippen LogP contribution in [0.3, 0.4) is 0 Å². The summed E-state index contributed by atoms with van der Waals surface area (Å²) in [5, 5.41) is 5.53. The third-order valence-corrected chi connectivity index (χ3v) is 3.60. The largest absolute Gasteiger partial charge is 0.493 e. The number of rotatable bonds is 6. The summed E-state index contributed by atoms with van der Waals surface area (Å²) in [5.41, 5.74) is 1.58. The average molecular weight is 332 g/mol. The molecule has 6 heteroatoms. The molecule has 24 heavy (non-hydrogen) atoms. The predicted octanol–water partition coefficient (Wildman–Crippen LogP) is 3.40. The molecule has 1 unspecified atom stereocenters. The third kappa shape index (κ3) is 4.62. The van der Waals surface area contributed by atoms with Gasteiger partial charge in [0, 0.05) is 6.54 Å². The van der Waals surface area contributed by atoms with Gasteiger partial charge >= 0.3 is 6.03 Å². The maximum Gasteiger partial charge on any atom is 0.315 e. The first-order chi connectivity index (χ1) is 11.5. The van der Waals surface area contributed by atoms with Crippen LogP contribution in [0.25, 0.3) is 0 Å². The Morgan fingerprint density at radius 1 is 1.12 bits per heavy atom. The van der Waals surface area contributed by atoms with Gasteiger partial charge in [0.05, 0.1) is 20.3 Å². The van der Waals surface area contributed by atoms with Gasteiger partial charge in [-0.3, -0.25) is 0 Å². The molecule has 0 spiro atoms. The first-order valence-electron chi connectivity index (χ1n) is 7.54. The SMILES string of the molecule is COc1ccc(C(C)NC(=O)NCc2cccc(F)c2)cc1OC. The molecule has 5 nitrogen and oxygen atoms in total. The van der Waals surface area contributed by atoms with Crippen LogP contribution < -0.4 is 20.1 Å². The number of nitrogens with one attached hydrogen (secondary N) is 2. The molecule has 128 valence electrons. The van der Waals surface area contributed by atoms with Crippen molar-refractivity contribution in [2.75, 3.05) is 14.2 Å². The summed E-state index contributed by atoms with van der Waals surface area (Å²) in [4.78, 5) is 12.0. The molecule has 0 aromatic heterocycles. The second kappa shape index (κ2) is 8.19. The second-order valence-corrected chi connectivity index (χ2v) is 5.29. The van der Waals surface area contributed by atoms with Crippen molar-refractivity contribution >= 4 is 6.03 Å². The second-order valence-electron chi connectivity index (χ2n) is 5.29. The van der Waals surface area contributed by atoms with E-state index in [9.17, 15) is 9.18 Å². The summed E-state index contributed by atoms with van der Waals surface area (Å²) in [6.45, 7) is 2.12. The summed E-state index contributed by atoms with van der Waals surface area (Å²) < 4.78 is 23.6. The average Bonchev–Trinajstić information content (AvgIpc) is 2.59. The number of hydrogen-bond acceptors (Lipinski definition) is 3. The Balaban J connectivity index is 1.93. The Morgan fingerprint density at radius 3 is 2.54 bits per heavy atom. The molecule has 2 amide bonds. The third-order valence-electron chi connectivity index (χ3n) is 3.60. The van der Waals surface area contributed by atoms with Crippen LogP contribution in [0, 0.1) is 5.82 Å². The van der Waals surface area contributed by atoms with Crippen molar-refractivity contribution in [2.24, 2.45) is 0 Å². The lowest BCUT2D eigenvalue weighted by Crippen LogP contribution is -2.36. The summed E-state index contributed by atoms with van der Waals surface area (Å²) in [6.07, 6.45) is 0. The van der Waals surface area contributed by atoms with E-state index >= 15 is 0 Å². The number of methoxy groups -OCH3 is 2.